The molecular formula is C9H20ClNS. The molecule has 1 rings (SSSR count). The predicted molar refractivity (Wildman–Crippen MR) is 60.3 cm³/mol. The van der Waals surface area contributed by atoms with Gasteiger partial charge in [-0.3, -0.25) is 0 Å². The fourth-order valence-electron chi connectivity index (χ4n) is 1.57. The zero-order chi connectivity index (χ0) is 7.94. The zero-order valence-electron chi connectivity index (χ0n) is 7.63. The minimum Gasteiger partial charge on any atom is -0.330 e. The highest BCUT2D eigenvalue weighted by Crippen LogP contribution is 2.28. The van der Waals surface area contributed by atoms with Gasteiger partial charge in [-0.25, -0.2) is 0 Å². The van der Waals surface area contributed by atoms with E-state index in [1.165, 1.54) is 44.3 Å². The van der Waals surface area contributed by atoms with Crippen molar-refractivity contribution in [2.24, 2.45) is 5.73 Å². The van der Waals surface area contributed by atoms with E-state index in [-0.39, 0.29) is 12.4 Å². The van der Waals surface area contributed by atoms with Crippen LogP contribution in [0.25, 0.3) is 0 Å². The van der Waals surface area contributed by atoms with E-state index in [4.69, 9.17) is 5.73 Å². The lowest BCUT2D eigenvalue weighted by Crippen LogP contribution is -2.09. The number of thioether (sulfide) groups is 1. The number of hydrogen-bond donors (Lipinski definition) is 1. The van der Waals surface area contributed by atoms with Gasteiger partial charge in [-0.05, 0) is 31.6 Å². The molecule has 12 heavy (non-hydrogen) atoms. The van der Waals surface area contributed by atoms with Crippen LogP contribution in [-0.2, 0) is 0 Å². The lowest BCUT2D eigenvalue weighted by molar-refractivity contribution is 0.516. The molecule has 1 nitrogen and oxygen atoms in total. The molecule has 74 valence electrons. The summed E-state index contributed by atoms with van der Waals surface area (Å²) in [6.45, 7) is 0.861. The number of rotatable bonds is 4. The lowest BCUT2D eigenvalue weighted by atomic mass is 10.0. The van der Waals surface area contributed by atoms with Gasteiger partial charge in [0.15, 0.2) is 0 Å². The highest BCUT2D eigenvalue weighted by molar-refractivity contribution is 7.99. The van der Waals surface area contributed by atoms with Gasteiger partial charge in [0.25, 0.3) is 0 Å². The van der Waals surface area contributed by atoms with Gasteiger partial charge in [-0.2, -0.15) is 11.8 Å². The molecule has 0 aromatic carbocycles. The summed E-state index contributed by atoms with van der Waals surface area (Å²) in [6.07, 6.45) is 8.49. The third kappa shape index (κ3) is 5.28. The average Bonchev–Trinajstić information content (AvgIpc) is 2.07. The topological polar surface area (TPSA) is 26.0 Å². The Balaban J connectivity index is 0.00000121. The Hall–Kier alpha value is 0.600. The minimum atomic E-state index is 0. The van der Waals surface area contributed by atoms with Crippen LogP contribution in [0.4, 0.5) is 0 Å². The van der Waals surface area contributed by atoms with Crippen LogP contribution in [-0.4, -0.2) is 17.5 Å². The van der Waals surface area contributed by atoms with Crippen LogP contribution in [0, 0.1) is 0 Å². The maximum Gasteiger partial charge on any atom is 0.00470 e. The maximum atomic E-state index is 5.43. The van der Waals surface area contributed by atoms with Crippen molar-refractivity contribution in [3.63, 3.8) is 0 Å². The van der Waals surface area contributed by atoms with E-state index in [9.17, 15) is 0 Å². The number of nitrogens with two attached hydrogens (primary N) is 1. The summed E-state index contributed by atoms with van der Waals surface area (Å²) in [5.74, 6) is 1.28. The van der Waals surface area contributed by atoms with Crippen molar-refractivity contribution in [2.75, 3.05) is 12.3 Å². The predicted octanol–water partition coefficient (Wildman–Crippen LogP) is 2.82. The molecule has 0 atom stereocenters. The average molecular weight is 210 g/mol. The van der Waals surface area contributed by atoms with Crippen LogP contribution < -0.4 is 5.73 Å². The number of hydrogen-bond acceptors (Lipinski definition) is 2. The Morgan fingerprint density at radius 3 is 2.42 bits per heavy atom. The van der Waals surface area contributed by atoms with Crippen LogP contribution >= 0.6 is 24.2 Å². The fourth-order valence-corrected chi connectivity index (χ4v) is 2.90. The Kier molecular flexibility index (Phi) is 8.62. The van der Waals surface area contributed by atoms with Crippen LogP contribution in [0.5, 0.6) is 0 Å². The molecule has 0 bridgehead atoms. The van der Waals surface area contributed by atoms with E-state index in [1.54, 1.807) is 0 Å². The summed E-state index contributed by atoms with van der Waals surface area (Å²) in [7, 11) is 0. The second kappa shape index (κ2) is 8.21. The summed E-state index contributed by atoms with van der Waals surface area (Å²) in [5.41, 5.74) is 5.43. The molecule has 1 aliphatic rings. The molecule has 0 spiro atoms. The van der Waals surface area contributed by atoms with Gasteiger partial charge in [0.2, 0.25) is 0 Å². The molecule has 0 radical (unpaired) electrons. The van der Waals surface area contributed by atoms with E-state index in [2.05, 4.69) is 11.8 Å². The molecule has 0 aliphatic heterocycles. The molecule has 0 saturated heterocycles. The first-order chi connectivity index (χ1) is 5.43. The molecule has 0 unspecified atom stereocenters. The lowest BCUT2D eigenvalue weighted by Gasteiger charge is -2.20. The van der Waals surface area contributed by atoms with Gasteiger partial charge in [-0.1, -0.05) is 19.3 Å². The fraction of sp³-hybridized carbons (Fsp3) is 1.00. The zero-order valence-corrected chi connectivity index (χ0v) is 9.26. The van der Waals surface area contributed by atoms with E-state index < -0.39 is 0 Å². The normalized spacial score (nSPS) is 18.8. The largest absolute Gasteiger partial charge is 0.330 e. The third-order valence-electron chi connectivity index (χ3n) is 2.25. The molecule has 1 aliphatic carbocycles. The van der Waals surface area contributed by atoms with Crippen LogP contribution in [0.2, 0.25) is 0 Å². The van der Waals surface area contributed by atoms with Crippen molar-refractivity contribution < 1.29 is 0 Å². The SMILES string of the molecule is Cl.NCCCSC1CCCCC1. The van der Waals surface area contributed by atoms with Crippen molar-refractivity contribution in [3.8, 4) is 0 Å². The highest BCUT2D eigenvalue weighted by atomic mass is 35.5. The first-order valence-electron chi connectivity index (χ1n) is 4.75. The van der Waals surface area contributed by atoms with Crippen molar-refractivity contribution in [1.82, 2.24) is 0 Å². The molecular weight excluding hydrogens is 190 g/mol. The molecule has 1 fully saturated rings. The van der Waals surface area contributed by atoms with Crippen LogP contribution in [0.1, 0.15) is 38.5 Å². The molecule has 2 N–H and O–H groups in total. The Bertz CT molecular complexity index is 94.5. The molecule has 0 aromatic heterocycles. The van der Waals surface area contributed by atoms with E-state index in [1.807, 2.05) is 0 Å². The highest BCUT2D eigenvalue weighted by Gasteiger charge is 2.12. The monoisotopic (exact) mass is 209 g/mol. The molecule has 3 heteroatoms. The van der Waals surface area contributed by atoms with Gasteiger partial charge in [0.05, 0.1) is 0 Å². The van der Waals surface area contributed by atoms with E-state index >= 15 is 0 Å². The van der Waals surface area contributed by atoms with Gasteiger partial charge in [0.1, 0.15) is 0 Å². The third-order valence-corrected chi connectivity index (χ3v) is 3.72. The smallest absolute Gasteiger partial charge is 0.00470 e. The standard InChI is InChI=1S/C9H19NS.ClH/c10-7-4-8-11-9-5-2-1-3-6-9;/h9H,1-8,10H2;1H. The summed E-state index contributed by atoms with van der Waals surface area (Å²) in [6, 6.07) is 0. The van der Waals surface area contributed by atoms with Gasteiger partial charge < -0.3 is 5.73 Å². The van der Waals surface area contributed by atoms with Crippen LogP contribution in [0.15, 0.2) is 0 Å². The Labute approximate surface area is 86.3 Å². The van der Waals surface area contributed by atoms with Gasteiger partial charge in [-0.15, -0.1) is 12.4 Å². The first-order valence-corrected chi connectivity index (χ1v) is 5.80. The summed E-state index contributed by atoms with van der Waals surface area (Å²) in [5, 5.41) is 0.968. The van der Waals surface area contributed by atoms with E-state index in [0.717, 1.165) is 11.8 Å². The second-order valence-electron chi connectivity index (χ2n) is 3.27. The van der Waals surface area contributed by atoms with Crippen molar-refractivity contribution in [3.05, 3.63) is 0 Å². The first kappa shape index (κ1) is 12.6. The van der Waals surface area contributed by atoms with Crippen LogP contribution in [0.3, 0.4) is 0 Å². The molecule has 0 aromatic rings. The molecule has 1 saturated carbocycles. The summed E-state index contributed by atoms with van der Waals surface area (Å²) in [4.78, 5) is 0. The Morgan fingerprint density at radius 1 is 1.17 bits per heavy atom. The summed E-state index contributed by atoms with van der Waals surface area (Å²) >= 11 is 2.14. The summed E-state index contributed by atoms with van der Waals surface area (Å²) < 4.78 is 0. The maximum absolute atomic E-state index is 5.43. The van der Waals surface area contributed by atoms with Gasteiger partial charge >= 0.3 is 0 Å². The molecule has 0 amide bonds. The number of halogens is 1. The van der Waals surface area contributed by atoms with Crippen molar-refractivity contribution >= 4 is 24.2 Å². The van der Waals surface area contributed by atoms with Crippen molar-refractivity contribution in [2.45, 2.75) is 43.8 Å². The minimum absolute atomic E-state index is 0. The Morgan fingerprint density at radius 2 is 1.83 bits per heavy atom. The van der Waals surface area contributed by atoms with Gasteiger partial charge in [0, 0.05) is 5.25 Å². The van der Waals surface area contributed by atoms with Crippen molar-refractivity contribution in [1.29, 1.82) is 0 Å². The quantitative estimate of drug-likeness (QED) is 0.721. The van der Waals surface area contributed by atoms with E-state index in [0.29, 0.717) is 0 Å². The second-order valence-corrected chi connectivity index (χ2v) is 4.68. The molecule has 0 heterocycles.